The van der Waals surface area contributed by atoms with Crippen LogP contribution < -0.4 is 11.1 Å². The summed E-state index contributed by atoms with van der Waals surface area (Å²) in [5, 5.41) is 2.74. The van der Waals surface area contributed by atoms with E-state index in [1.54, 1.807) is 13.8 Å². The minimum absolute atomic E-state index is 0. The Hall–Kier alpha value is -0.810. The number of halogens is 1. The summed E-state index contributed by atoms with van der Waals surface area (Å²) >= 11 is 0. The van der Waals surface area contributed by atoms with E-state index in [2.05, 4.69) is 10.1 Å². The largest absolute Gasteiger partial charge is 0.469 e. The summed E-state index contributed by atoms with van der Waals surface area (Å²) < 4.78 is 4.51. The van der Waals surface area contributed by atoms with E-state index in [1.165, 1.54) is 7.11 Å². The Balaban J connectivity index is 0. The van der Waals surface area contributed by atoms with Crippen LogP contribution in [0, 0.1) is 0 Å². The third-order valence-corrected chi connectivity index (χ3v) is 2.16. The molecule has 6 heteroatoms. The molecule has 0 aromatic carbocycles. The topological polar surface area (TPSA) is 81.4 Å². The molecule has 0 unspecified atom stereocenters. The standard InChI is InChI=1S/C11H22N2O3.ClH/c1-11(2,12)10(15)13-8-6-4-5-7-9(14)16-3;/h4-8,12H2,1-3H3,(H,13,15);1H. The number of nitrogens with one attached hydrogen (secondary N) is 1. The van der Waals surface area contributed by atoms with Crippen molar-refractivity contribution in [2.24, 2.45) is 5.73 Å². The summed E-state index contributed by atoms with van der Waals surface area (Å²) in [6.45, 7) is 3.93. The molecule has 0 atom stereocenters. The van der Waals surface area contributed by atoms with Crippen LogP contribution in [0.15, 0.2) is 0 Å². The number of methoxy groups -OCH3 is 1. The van der Waals surface area contributed by atoms with Crippen molar-refractivity contribution in [2.45, 2.75) is 45.1 Å². The fourth-order valence-electron chi connectivity index (χ4n) is 1.10. The Morgan fingerprint density at radius 1 is 1.24 bits per heavy atom. The molecule has 0 bridgehead atoms. The molecule has 0 fully saturated rings. The zero-order valence-electron chi connectivity index (χ0n) is 10.7. The van der Waals surface area contributed by atoms with Crippen molar-refractivity contribution in [1.82, 2.24) is 5.32 Å². The van der Waals surface area contributed by atoms with Crippen molar-refractivity contribution in [3.8, 4) is 0 Å². The molecule has 0 saturated heterocycles. The highest BCUT2D eigenvalue weighted by atomic mass is 35.5. The van der Waals surface area contributed by atoms with Gasteiger partial charge in [0.1, 0.15) is 0 Å². The lowest BCUT2D eigenvalue weighted by molar-refractivity contribution is -0.140. The molecule has 5 nitrogen and oxygen atoms in total. The van der Waals surface area contributed by atoms with Crippen molar-refractivity contribution in [3.63, 3.8) is 0 Å². The Bertz CT molecular complexity index is 239. The molecule has 0 aliphatic carbocycles. The molecule has 1 amide bonds. The molecular formula is C11H23ClN2O3. The van der Waals surface area contributed by atoms with E-state index in [0.29, 0.717) is 13.0 Å². The zero-order chi connectivity index (χ0) is 12.6. The van der Waals surface area contributed by atoms with Crippen molar-refractivity contribution in [2.75, 3.05) is 13.7 Å². The second-order valence-corrected chi connectivity index (χ2v) is 4.36. The lowest BCUT2D eigenvalue weighted by Gasteiger charge is -2.17. The molecule has 0 rings (SSSR count). The molecule has 0 spiro atoms. The van der Waals surface area contributed by atoms with Crippen LogP contribution >= 0.6 is 12.4 Å². The van der Waals surface area contributed by atoms with Crippen LogP contribution in [0.3, 0.4) is 0 Å². The predicted molar refractivity (Wildman–Crippen MR) is 69.0 cm³/mol. The third kappa shape index (κ3) is 10.1. The van der Waals surface area contributed by atoms with Gasteiger partial charge < -0.3 is 15.8 Å². The van der Waals surface area contributed by atoms with E-state index >= 15 is 0 Å². The summed E-state index contributed by atoms with van der Waals surface area (Å²) in [7, 11) is 1.38. The van der Waals surface area contributed by atoms with E-state index in [4.69, 9.17) is 5.73 Å². The molecule has 0 aromatic heterocycles. The maximum atomic E-state index is 11.3. The van der Waals surface area contributed by atoms with Gasteiger partial charge in [-0.25, -0.2) is 0 Å². The lowest BCUT2D eigenvalue weighted by Crippen LogP contribution is -2.49. The Morgan fingerprint density at radius 3 is 2.29 bits per heavy atom. The van der Waals surface area contributed by atoms with Crippen molar-refractivity contribution in [3.05, 3.63) is 0 Å². The first kappa shape index (κ1) is 18.6. The molecule has 0 aromatic rings. The number of carbonyl (C=O) groups excluding carboxylic acids is 2. The van der Waals surface area contributed by atoms with Crippen LogP contribution in [0.5, 0.6) is 0 Å². The van der Waals surface area contributed by atoms with Crippen LogP contribution in [0.4, 0.5) is 0 Å². The number of hydrogen-bond acceptors (Lipinski definition) is 4. The van der Waals surface area contributed by atoms with E-state index in [1.807, 2.05) is 0 Å². The van der Waals surface area contributed by atoms with Gasteiger partial charge in [-0.1, -0.05) is 6.42 Å². The Labute approximate surface area is 109 Å². The van der Waals surface area contributed by atoms with Gasteiger partial charge in [-0.05, 0) is 26.7 Å². The molecule has 0 radical (unpaired) electrons. The van der Waals surface area contributed by atoms with Gasteiger partial charge in [0.15, 0.2) is 0 Å². The highest BCUT2D eigenvalue weighted by Crippen LogP contribution is 2.01. The molecular weight excluding hydrogens is 244 g/mol. The minimum atomic E-state index is -0.827. The summed E-state index contributed by atoms with van der Waals surface area (Å²) in [6, 6.07) is 0. The summed E-state index contributed by atoms with van der Waals surface area (Å²) in [5.41, 5.74) is 4.78. The maximum Gasteiger partial charge on any atom is 0.305 e. The van der Waals surface area contributed by atoms with Crippen LogP contribution in [0.1, 0.15) is 39.5 Å². The van der Waals surface area contributed by atoms with Crippen molar-refractivity contribution >= 4 is 24.3 Å². The summed E-state index contributed by atoms with van der Waals surface area (Å²) in [6.07, 6.45) is 2.96. The predicted octanol–water partition coefficient (Wildman–Crippen LogP) is 0.995. The fraction of sp³-hybridized carbons (Fsp3) is 0.818. The molecule has 17 heavy (non-hydrogen) atoms. The van der Waals surface area contributed by atoms with Gasteiger partial charge in [0.05, 0.1) is 12.6 Å². The molecule has 0 heterocycles. The van der Waals surface area contributed by atoms with E-state index in [0.717, 1.165) is 19.3 Å². The minimum Gasteiger partial charge on any atom is -0.469 e. The van der Waals surface area contributed by atoms with Crippen molar-refractivity contribution in [1.29, 1.82) is 0 Å². The second-order valence-electron chi connectivity index (χ2n) is 4.36. The van der Waals surface area contributed by atoms with Gasteiger partial charge in [-0.2, -0.15) is 0 Å². The molecule has 3 N–H and O–H groups in total. The first-order chi connectivity index (χ1) is 7.38. The number of hydrogen-bond donors (Lipinski definition) is 2. The summed E-state index contributed by atoms with van der Waals surface area (Å²) in [5.74, 6) is -0.340. The average molecular weight is 267 g/mol. The van der Waals surface area contributed by atoms with Crippen molar-refractivity contribution < 1.29 is 14.3 Å². The third-order valence-electron chi connectivity index (χ3n) is 2.16. The molecule has 0 aliphatic heterocycles. The Kier molecular flexibility index (Phi) is 10.1. The average Bonchev–Trinajstić information content (AvgIpc) is 2.20. The lowest BCUT2D eigenvalue weighted by atomic mass is 10.1. The maximum absolute atomic E-state index is 11.3. The van der Waals surface area contributed by atoms with Gasteiger partial charge in [0.2, 0.25) is 5.91 Å². The summed E-state index contributed by atoms with van der Waals surface area (Å²) in [4.78, 5) is 22.1. The number of esters is 1. The smallest absolute Gasteiger partial charge is 0.305 e. The van der Waals surface area contributed by atoms with Gasteiger partial charge in [0.25, 0.3) is 0 Å². The monoisotopic (exact) mass is 266 g/mol. The van der Waals surface area contributed by atoms with Crippen LogP contribution in [0.25, 0.3) is 0 Å². The van der Waals surface area contributed by atoms with Gasteiger partial charge >= 0.3 is 5.97 Å². The van der Waals surface area contributed by atoms with Gasteiger partial charge in [-0.15, -0.1) is 12.4 Å². The van der Waals surface area contributed by atoms with Gasteiger partial charge in [0, 0.05) is 13.0 Å². The fourth-order valence-corrected chi connectivity index (χ4v) is 1.10. The van der Waals surface area contributed by atoms with Crippen LogP contribution in [-0.4, -0.2) is 31.1 Å². The normalized spacial score (nSPS) is 10.4. The number of carbonyl (C=O) groups is 2. The quantitative estimate of drug-likeness (QED) is 0.532. The SMILES string of the molecule is COC(=O)CCCCCNC(=O)C(C)(C)N.Cl. The van der Waals surface area contributed by atoms with Gasteiger partial charge in [-0.3, -0.25) is 9.59 Å². The first-order valence-electron chi connectivity index (χ1n) is 5.52. The second kappa shape index (κ2) is 9.24. The zero-order valence-corrected chi connectivity index (χ0v) is 11.6. The van der Waals surface area contributed by atoms with E-state index in [9.17, 15) is 9.59 Å². The molecule has 102 valence electrons. The highest BCUT2D eigenvalue weighted by Gasteiger charge is 2.20. The number of rotatable bonds is 7. The highest BCUT2D eigenvalue weighted by molar-refractivity contribution is 5.85. The van der Waals surface area contributed by atoms with Crippen LogP contribution in [0.2, 0.25) is 0 Å². The first-order valence-corrected chi connectivity index (χ1v) is 5.52. The number of unbranched alkanes of at least 4 members (excludes halogenated alkanes) is 2. The van der Waals surface area contributed by atoms with Crippen LogP contribution in [-0.2, 0) is 14.3 Å². The van der Waals surface area contributed by atoms with E-state index in [-0.39, 0.29) is 24.3 Å². The number of amides is 1. The Morgan fingerprint density at radius 2 is 1.82 bits per heavy atom. The molecule has 0 saturated carbocycles. The number of nitrogens with two attached hydrogens (primary N) is 1. The molecule has 0 aliphatic rings. The van der Waals surface area contributed by atoms with E-state index < -0.39 is 5.54 Å². The number of ether oxygens (including phenoxy) is 1.